The molecule has 0 spiro atoms. The van der Waals surface area contributed by atoms with Crippen LogP contribution < -0.4 is 11.1 Å². The van der Waals surface area contributed by atoms with E-state index in [0.29, 0.717) is 19.6 Å². The van der Waals surface area contributed by atoms with Crippen molar-refractivity contribution in [1.29, 1.82) is 0 Å². The Labute approximate surface area is 137 Å². The molecule has 6 heteroatoms. The molecule has 1 saturated heterocycles. The molecular formula is C16H25ClFN3O. The van der Waals surface area contributed by atoms with Crippen LogP contribution >= 0.6 is 12.4 Å². The molecule has 3 N–H and O–H groups in total. The van der Waals surface area contributed by atoms with E-state index in [4.69, 9.17) is 5.73 Å². The number of carbonyl (C=O) groups excluding carboxylic acids is 1. The van der Waals surface area contributed by atoms with Crippen molar-refractivity contribution in [3.63, 3.8) is 0 Å². The molecule has 1 aliphatic heterocycles. The van der Waals surface area contributed by atoms with Gasteiger partial charge in [0.2, 0.25) is 5.91 Å². The van der Waals surface area contributed by atoms with Gasteiger partial charge >= 0.3 is 0 Å². The number of likely N-dealkylation sites (tertiary alicyclic amines) is 1. The fourth-order valence-corrected chi connectivity index (χ4v) is 2.80. The summed E-state index contributed by atoms with van der Waals surface area (Å²) in [4.78, 5) is 14.3. The minimum Gasteiger partial charge on any atom is -0.355 e. The molecule has 1 atom stereocenters. The number of hydrogen-bond acceptors (Lipinski definition) is 3. The van der Waals surface area contributed by atoms with Crippen LogP contribution in [0.3, 0.4) is 0 Å². The molecule has 0 radical (unpaired) electrons. The first-order valence-corrected chi connectivity index (χ1v) is 7.55. The number of nitrogens with two attached hydrogens (primary N) is 1. The van der Waals surface area contributed by atoms with Crippen molar-refractivity contribution in [2.45, 2.75) is 26.3 Å². The number of nitrogens with zero attached hydrogens (tertiary/aromatic N) is 1. The van der Waals surface area contributed by atoms with Gasteiger partial charge in [-0.2, -0.15) is 0 Å². The van der Waals surface area contributed by atoms with Crippen molar-refractivity contribution in [2.75, 3.05) is 26.2 Å². The highest BCUT2D eigenvalue weighted by Crippen LogP contribution is 2.20. The number of hydrogen-bond donors (Lipinski definition) is 2. The second kappa shape index (κ2) is 9.08. The third kappa shape index (κ3) is 5.23. The number of piperidine rings is 1. The van der Waals surface area contributed by atoms with E-state index in [1.165, 1.54) is 6.07 Å². The zero-order chi connectivity index (χ0) is 15.2. The summed E-state index contributed by atoms with van der Waals surface area (Å²) in [6.07, 6.45) is 1.91. The predicted molar refractivity (Wildman–Crippen MR) is 88.5 cm³/mol. The van der Waals surface area contributed by atoms with Crippen molar-refractivity contribution in [3.05, 3.63) is 35.1 Å². The van der Waals surface area contributed by atoms with Crippen LogP contribution in [-0.2, 0) is 11.3 Å². The molecule has 22 heavy (non-hydrogen) atoms. The summed E-state index contributed by atoms with van der Waals surface area (Å²) in [5.41, 5.74) is 7.49. The molecule has 0 aliphatic carbocycles. The van der Waals surface area contributed by atoms with Gasteiger partial charge < -0.3 is 11.1 Å². The third-order valence-electron chi connectivity index (χ3n) is 4.03. The van der Waals surface area contributed by atoms with E-state index in [1.807, 2.05) is 6.92 Å². The van der Waals surface area contributed by atoms with Crippen LogP contribution in [0.4, 0.5) is 4.39 Å². The Kier molecular flexibility index (Phi) is 7.79. The first-order chi connectivity index (χ1) is 10.1. The monoisotopic (exact) mass is 329 g/mol. The van der Waals surface area contributed by atoms with Crippen LogP contribution in [0.5, 0.6) is 0 Å². The van der Waals surface area contributed by atoms with E-state index in [-0.39, 0.29) is 30.0 Å². The molecule has 124 valence electrons. The summed E-state index contributed by atoms with van der Waals surface area (Å²) in [6.45, 7) is 5.36. The quantitative estimate of drug-likeness (QED) is 0.866. The van der Waals surface area contributed by atoms with Gasteiger partial charge in [0.05, 0.1) is 5.92 Å². The van der Waals surface area contributed by atoms with Crippen LogP contribution in [0.25, 0.3) is 0 Å². The van der Waals surface area contributed by atoms with Crippen molar-refractivity contribution >= 4 is 18.3 Å². The molecule has 1 aromatic rings. The number of carbonyl (C=O) groups is 1. The van der Waals surface area contributed by atoms with Crippen molar-refractivity contribution in [2.24, 2.45) is 11.7 Å². The molecule has 1 unspecified atom stereocenters. The summed E-state index contributed by atoms with van der Waals surface area (Å²) in [7, 11) is 0. The van der Waals surface area contributed by atoms with Crippen molar-refractivity contribution in [3.8, 4) is 0 Å². The maximum atomic E-state index is 13.4. The lowest BCUT2D eigenvalue weighted by atomic mass is 9.96. The van der Waals surface area contributed by atoms with E-state index < -0.39 is 0 Å². The minimum atomic E-state index is -0.204. The van der Waals surface area contributed by atoms with E-state index >= 15 is 0 Å². The van der Waals surface area contributed by atoms with Crippen LogP contribution in [0.15, 0.2) is 18.2 Å². The molecule has 2 rings (SSSR count). The van der Waals surface area contributed by atoms with E-state index in [1.54, 1.807) is 12.1 Å². The maximum absolute atomic E-state index is 13.4. The Balaban J connectivity index is 0.00000242. The number of benzene rings is 1. The first kappa shape index (κ1) is 18.9. The van der Waals surface area contributed by atoms with Crippen LogP contribution in [-0.4, -0.2) is 37.0 Å². The number of nitrogens with one attached hydrogen (secondary N) is 1. The second-order valence-corrected chi connectivity index (χ2v) is 5.72. The summed E-state index contributed by atoms with van der Waals surface area (Å²) in [5.74, 6) is -0.106. The number of halogens is 2. The standard InChI is InChI=1S/C16H24FN3O.ClH/c1-12-4-5-15(17)9-14(12)11-20-8-2-3-13(10-20)16(21)19-7-6-18;/h4-5,9,13H,2-3,6-8,10-11,18H2,1H3,(H,19,21);1H. The van der Waals surface area contributed by atoms with Gasteiger partial charge in [-0.05, 0) is 49.6 Å². The Morgan fingerprint density at radius 3 is 3.00 bits per heavy atom. The van der Waals surface area contributed by atoms with Gasteiger partial charge in [-0.25, -0.2) is 4.39 Å². The van der Waals surface area contributed by atoms with Crippen LogP contribution in [0.2, 0.25) is 0 Å². The highest BCUT2D eigenvalue weighted by atomic mass is 35.5. The molecule has 0 aromatic heterocycles. The van der Waals surface area contributed by atoms with Crippen molar-refractivity contribution in [1.82, 2.24) is 10.2 Å². The third-order valence-corrected chi connectivity index (χ3v) is 4.03. The van der Waals surface area contributed by atoms with E-state index in [0.717, 1.165) is 37.1 Å². The molecule has 1 fully saturated rings. The minimum absolute atomic E-state index is 0. The fraction of sp³-hybridized carbons (Fsp3) is 0.562. The average molecular weight is 330 g/mol. The normalized spacial score (nSPS) is 18.6. The van der Waals surface area contributed by atoms with Crippen molar-refractivity contribution < 1.29 is 9.18 Å². The lowest BCUT2D eigenvalue weighted by molar-refractivity contribution is -0.126. The maximum Gasteiger partial charge on any atom is 0.224 e. The zero-order valence-electron chi connectivity index (χ0n) is 13.0. The Hall–Kier alpha value is -1.17. The summed E-state index contributed by atoms with van der Waals surface area (Å²) >= 11 is 0. The van der Waals surface area contributed by atoms with Crippen LogP contribution in [0.1, 0.15) is 24.0 Å². The smallest absolute Gasteiger partial charge is 0.224 e. The van der Waals surface area contributed by atoms with E-state index in [9.17, 15) is 9.18 Å². The summed E-state index contributed by atoms with van der Waals surface area (Å²) < 4.78 is 13.4. The van der Waals surface area contributed by atoms with Gasteiger partial charge in [0.15, 0.2) is 0 Å². The highest BCUT2D eigenvalue weighted by Gasteiger charge is 2.25. The molecule has 1 heterocycles. The van der Waals surface area contributed by atoms with Gasteiger partial charge in [0.25, 0.3) is 0 Å². The molecule has 0 saturated carbocycles. The second-order valence-electron chi connectivity index (χ2n) is 5.72. The fourth-order valence-electron chi connectivity index (χ4n) is 2.80. The topological polar surface area (TPSA) is 58.4 Å². The SMILES string of the molecule is Cc1ccc(F)cc1CN1CCCC(C(=O)NCCN)C1.Cl. The molecule has 1 amide bonds. The molecule has 1 aliphatic rings. The lowest BCUT2D eigenvalue weighted by Gasteiger charge is -2.32. The van der Waals surface area contributed by atoms with Gasteiger partial charge in [-0.1, -0.05) is 6.07 Å². The van der Waals surface area contributed by atoms with E-state index in [2.05, 4.69) is 10.2 Å². The van der Waals surface area contributed by atoms with Gasteiger partial charge in [0, 0.05) is 26.2 Å². The number of amides is 1. The summed E-state index contributed by atoms with van der Waals surface area (Å²) in [5, 5.41) is 2.86. The molecule has 1 aromatic carbocycles. The molecule has 0 bridgehead atoms. The summed E-state index contributed by atoms with van der Waals surface area (Å²) in [6, 6.07) is 4.88. The largest absolute Gasteiger partial charge is 0.355 e. The zero-order valence-corrected chi connectivity index (χ0v) is 13.8. The van der Waals surface area contributed by atoms with Gasteiger partial charge in [-0.3, -0.25) is 9.69 Å². The molecule has 4 nitrogen and oxygen atoms in total. The Morgan fingerprint density at radius 2 is 2.27 bits per heavy atom. The highest BCUT2D eigenvalue weighted by molar-refractivity contribution is 5.85. The number of aryl methyl sites for hydroxylation is 1. The van der Waals surface area contributed by atoms with Crippen LogP contribution in [0, 0.1) is 18.7 Å². The first-order valence-electron chi connectivity index (χ1n) is 7.55. The average Bonchev–Trinajstić information content (AvgIpc) is 2.49. The van der Waals surface area contributed by atoms with Gasteiger partial charge in [0.1, 0.15) is 5.82 Å². The Morgan fingerprint density at radius 1 is 1.50 bits per heavy atom. The lowest BCUT2D eigenvalue weighted by Crippen LogP contribution is -2.43. The number of rotatable bonds is 5. The predicted octanol–water partition coefficient (Wildman–Crippen LogP) is 1.84. The molecular weight excluding hydrogens is 305 g/mol. The van der Waals surface area contributed by atoms with Gasteiger partial charge in [-0.15, -0.1) is 12.4 Å². The Bertz CT molecular complexity index is 498.